The molecule has 0 spiro atoms. The molecule has 0 saturated heterocycles. The Kier molecular flexibility index (Phi) is 39.6. The summed E-state index contributed by atoms with van der Waals surface area (Å²) in [5.74, 6) is -4.99. The van der Waals surface area contributed by atoms with E-state index >= 15 is 0 Å². The fourth-order valence-electron chi connectivity index (χ4n) is 7.90. The Morgan fingerprint density at radius 1 is 0.276 bits per heavy atom. The first kappa shape index (κ1) is 83.1. The van der Waals surface area contributed by atoms with Crippen molar-refractivity contribution in [3.8, 4) is 0 Å². The van der Waals surface area contributed by atoms with E-state index in [4.69, 9.17) is 0 Å². The molecule has 0 aliphatic heterocycles. The van der Waals surface area contributed by atoms with Gasteiger partial charge in [0.1, 0.15) is 73.2 Å². The molecule has 0 aliphatic rings. The molecule has 0 aliphatic carbocycles. The van der Waals surface area contributed by atoms with E-state index in [1.165, 1.54) is 40.1 Å². The standard InChI is InChI=1S/C49H95IN10O27/c1-51(36(74)18-53(3)38(76)20-55(5)40(78)22-57(7)50)16-35(73)52(2)17-37(75)54(4)19-39(77)56(6)21-41(79)60(10-8-58(12-27(65)42(80)46(84)31(69)23-61)13-28(66)43(81)47(85)32(70)24-62)11-9-59(14-29(67)44(82)48(86)33(71)25-63)15-30(68)45(83)49(87)34(72)26-64/h27-34,42-49,61-72,80-87H,8-26H2,1-7H3/t27-,28-,29-,30-,31+,32+,33+,34+,42+,43+,44+,45+,46+,47+,48+,49+/m0/s1. The molecule has 0 heterocycles. The van der Waals surface area contributed by atoms with Crippen molar-refractivity contribution in [2.75, 3.05) is 174 Å². The van der Waals surface area contributed by atoms with E-state index in [1.807, 2.05) is 22.9 Å². The van der Waals surface area contributed by atoms with Crippen LogP contribution < -0.4 is 0 Å². The quantitative estimate of drug-likeness (QED) is 0.0199. The lowest BCUT2D eigenvalue weighted by molar-refractivity contribution is -0.146. The molecule has 510 valence electrons. The van der Waals surface area contributed by atoms with Crippen molar-refractivity contribution in [2.45, 2.75) is 97.7 Å². The number of carbonyl (C=O) groups excluding carboxylic acids is 7. The van der Waals surface area contributed by atoms with E-state index in [0.29, 0.717) is 0 Å². The normalized spacial score (nSPS) is 17.5. The fraction of sp³-hybridized carbons (Fsp3) is 0.857. The number of rotatable bonds is 44. The Bertz CT molecular complexity index is 1940. The molecular formula is C49H95IN10O27. The van der Waals surface area contributed by atoms with Gasteiger partial charge in [-0.25, -0.2) is 3.11 Å². The predicted octanol–water partition coefficient (Wildman–Crippen LogP) is -15.8. The summed E-state index contributed by atoms with van der Waals surface area (Å²) in [6.07, 6.45) is -33.9. The lowest BCUT2D eigenvalue weighted by Crippen LogP contribution is -2.55. The zero-order chi connectivity index (χ0) is 67.5. The Labute approximate surface area is 516 Å². The van der Waals surface area contributed by atoms with E-state index in [0.717, 1.165) is 46.2 Å². The number of hydrogen-bond acceptors (Lipinski definition) is 30. The highest BCUT2D eigenvalue weighted by molar-refractivity contribution is 14.1. The summed E-state index contributed by atoms with van der Waals surface area (Å²) in [6.45, 7) is -13.4. The van der Waals surface area contributed by atoms with Crippen LogP contribution in [-0.2, 0) is 33.6 Å². The lowest BCUT2D eigenvalue weighted by Gasteiger charge is -2.36. The molecule has 0 bridgehead atoms. The number of carbonyl (C=O) groups is 7. The van der Waals surface area contributed by atoms with Crippen molar-refractivity contribution < 1.29 is 136 Å². The Balaban J connectivity index is 6.90. The summed E-state index contributed by atoms with van der Waals surface area (Å²) >= 11 is 1.90. The molecule has 7 amide bonds. The van der Waals surface area contributed by atoms with Gasteiger partial charge in [0.15, 0.2) is 0 Å². The number of aliphatic hydroxyl groups excluding tert-OH is 20. The first-order valence-electron chi connectivity index (χ1n) is 27.2. The maximum Gasteiger partial charge on any atom is 0.242 e. The van der Waals surface area contributed by atoms with Gasteiger partial charge in [0.05, 0.1) is 96.7 Å². The van der Waals surface area contributed by atoms with Crippen LogP contribution in [0.1, 0.15) is 0 Å². The molecule has 37 nitrogen and oxygen atoms in total. The third-order valence-electron chi connectivity index (χ3n) is 13.9. The second-order valence-corrected chi connectivity index (χ2v) is 23.0. The maximum atomic E-state index is 14.4. The molecule has 0 aromatic carbocycles. The number of hydrogen-bond donors (Lipinski definition) is 20. The number of aliphatic hydroxyl groups is 20. The van der Waals surface area contributed by atoms with Crippen LogP contribution in [0.4, 0.5) is 0 Å². The highest BCUT2D eigenvalue weighted by Gasteiger charge is 2.38. The van der Waals surface area contributed by atoms with Crippen molar-refractivity contribution >= 4 is 64.2 Å². The number of likely N-dealkylation sites (N-methyl/N-ethyl adjacent to an activating group) is 7. The molecule has 16 atom stereocenters. The van der Waals surface area contributed by atoms with Crippen molar-refractivity contribution in [3.05, 3.63) is 0 Å². The van der Waals surface area contributed by atoms with Crippen LogP contribution >= 0.6 is 22.9 Å². The van der Waals surface area contributed by atoms with Crippen LogP contribution in [-0.4, -0.2) is 462 Å². The van der Waals surface area contributed by atoms with Crippen LogP contribution in [0.2, 0.25) is 0 Å². The number of nitrogens with zero attached hydrogens (tertiary/aromatic N) is 10. The SMILES string of the molecule is CN(I)CC(=O)N(C)CC(=O)N(C)CC(=O)N(C)CC(=O)N(C)CC(=O)N(C)CC(=O)N(C)CC(=O)N(CCN(C[C@H](O)[C@@H](O)[C@H](O)[C@H](O)CO)C[C@H](O)[C@@H](O)[C@H](O)[C@H](O)CO)CCN(C[C@H](O)[C@@H](O)[C@H](O)[C@H](O)CO)C[C@H](O)[C@@H](O)[C@H](O)[C@H](O)CO. The smallest absolute Gasteiger partial charge is 0.242 e. The lowest BCUT2D eigenvalue weighted by atomic mass is 10.0. The van der Waals surface area contributed by atoms with Gasteiger partial charge in [0.2, 0.25) is 41.4 Å². The molecule has 0 unspecified atom stereocenters. The highest BCUT2D eigenvalue weighted by Crippen LogP contribution is 2.15. The molecule has 0 rings (SSSR count). The summed E-state index contributed by atoms with van der Waals surface area (Å²) in [6, 6.07) is 0. The highest BCUT2D eigenvalue weighted by atomic mass is 127. The molecule has 0 saturated carbocycles. The average Bonchev–Trinajstić information content (AvgIpc) is 3.20. The van der Waals surface area contributed by atoms with E-state index in [-0.39, 0.29) is 19.0 Å². The second-order valence-electron chi connectivity index (χ2n) is 21.4. The molecule has 0 radical (unpaired) electrons. The Hall–Kier alpha value is -3.90. The Morgan fingerprint density at radius 3 is 0.632 bits per heavy atom. The first-order valence-corrected chi connectivity index (χ1v) is 28.1. The van der Waals surface area contributed by atoms with Gasteiger partial charge in [-0.2, -0.15) is 0 Å². The second kappa shape index (κ2) is 41.5. The molecule has 0 aromatic rings. The molecule has 0 aromatic heterocycles. The van der Waals surface area contributed by atoms with Gasteiger partial charge in [-0.3, -0.25) is 43.4 Å². The van der Waals surface area contributed by atoms with Gasteiger partial charge in [-0.1, -0.05) is 0 Å². The number of halogens is 1. The molecule has 0 fully saturated rings. The van der Waals surface area contributed by atoms with Gasteiger partial charge >= 0.3 is 0 Å². The maximum absolute atomic E-state index is 14.4. The number of amides is 7. The molecule has 38 heteroatoms. The van der Waals surface area contributed by atoms with Crippen molar-refractivity contribution in [1.29, 1.82) is 0 Å². The molecule has 20 N–H and O–H groups in total. The van der Waals surface area contributed by atoms with Crippen LogP contribution in [0, 0.1) is 0 Å². The van der Waals surface area contributed by atoms with Crippen LogP contribution in [0.3, 0.4) is 0 Å². The largest absolute Gasteiger partial charge is 0.394 e. The van der Waals surface area contributed by atoms with Gasteiger partial charge < -0.3 is 136 Å². The minimum absolute atomic E-state index is 0.0298. The summed E-state index contributed by atoms with van der Waals surface area (Å²) in [5, 5.41) is 205. The van der Waals surface area contributed by atoms with Crippen molar-refractivity contribution in [2.24, 2.45) is 0 Å². The average molecular weight is 1380 g/mol. The third kappa shape index (κ3) is 29.3. The van der Waals surface area contributed by atoms with Gasteiger partial charge in [-0.15, -0.1) is 0 Å². The minimum Gasteiger partial charge on any atom is -0.394 e. The fourth-order valence-corrected chi connectivity index (χ4v) is 8.19. The van der Waals surface area contributed by atoms with Gasteiger partial charge in [0, 0.05) is 118 Å². The first-order chi connectivity index (χ1) is 40.3. The van der Waals surface area contributed by atoms with Crippen LogP contribution in [0.15, 0.2) is 0 Å². The van der Waals surface area contributed by atoms with Crippen molar-refractivity contribution in [1.82, 2.24) is 47.2 Å². The van der Waals surface area contributed by atoms with E-state index in [1.54, 1.807) is 10.2 Å². The van der Waals surface area contributed by atoms with Crippen molar-refractivity contribution in [3.63, 3.8) is 0 Å². The van der Waals surface area contributed by atoms with Crippen LogP contribution in [0.25, 0.3) is 0 Å². The minimum atomic E-state index is -2.23. The van der Waals surface area contributed by atoms with Gasteiger partial charge in [-0.05, 0) is 7.05 Å². The third-order valence-corrected chi connectivity index (χ3v) is 14.3. The summed E-state index contributed by atoms with van der Waals surface area (Å²) < 4.78 is 1.58. The zero-order valence-corrected chi connectivity index (χ0v) is 52.0. The van der Waals surface area contributed by atoms with E-state index in [9.17, 15) is 136 Å². The zero-order valence-electron chi connectivity index (χ0n) is 49.8. The summed E-state index contributed by atoms with van der Waals surface area (Å²) in [5.41, 5.74) is 0. The monoisotopic (exact) mass is 1380 g/mol. The summed E-state index contributed by atoms with van der Waals surface area (Å²) in [4.78, 5) is 101. The van der Waals surface area contributed by atoms with Gasteiger partial charge in [0.25, 0.3) is 0 Å². The topological polar surface area (TPSA) is 556 Å². The molecule has 87 heavy (non-hydrogen) atoms. The van der Waals surface area contributed by atoms with Crippen LogP contribution in [0.5, 0.6) is 0 Å². The van der Waals surface area contributed by atoms with E-state index < -0.39 is 245 Å². The predicted molar refractivity (Wildman–Crippen MR) is 306 cm³/mol. The summed E-state index contributed by atoms with van der Waals surface area (Å²) in [7, 11) is 9.23. The Morgan fingerprint density at radius 2 is 0.448 bits per heavy atom. The molecular weight excluding hydrogens is 1290 g/mol. The van der Waals surface area contributed by atoms with E-state index in [2.05, 4.69) is 0 Å².